The third-order valence-electron chi connectivity index (χ3n) is 1.05. The van der Waals surface area contributed by atoms with E-state index in [0.29, 0.717) is 5.92 Å². The minimum Gasteiger partial charge on any atom is -0.483 e. The molecule has 1 heterocycles. The second-order valence-electron chi connectivity index (χ2n) is 2.16. The van der Waals surface area contributed by atoms with Gasteiger partial charge in [0, 0.05) is 39.0 Å². The maximum absolute atomic E-state index is 3.82. The Bertz CT molecular complexity index is 177. The van der Waals surface area contributed by atoms with Crippen molar-refractivity contribution < 1.29 is 39.0 Å². The Labute approximate surface area is 92.7 Å². The molecule has 2 nitrogen and oxygen atoms in total. The van der Waals surface area contributed by atoms with Crippen LogP contribution in [0.2, 0.25) is 0 Å². The quantitative estimate of drug-likeness (QED) is 0.573. The number of hydrogen-bond acceptors (Lipinski definition) is 2. The molecule has 0 aliphatic heterocycles. The summed E-state index contributed by atoms with van der Waals surface area (Å²) < 4.78 is 0. The van der Waals surface area contributed by atoms with E-state index >= 15 is 0 Å². The van der Waals surface area contributed by atoms with Gasteiger partial charge >= 0.3 is 0 Å². The van der Waals surface area contributed by atoms with Crippen LogP contribution in [0.25, 0.3) is 0 Å². The minimum atomic E-state index is 0. The topological polar surface area (TPSA) is 25.8 Å². The molecule has 0 atom stereocenters. The van der Waals surface area contributed by atoms with Gasteiger partial charge in [0.05, 0.1) is 0 Å². The number of nitrogens with zero attached hydrogens (tertiary/aromatic N) is 2. The molecule has 0 fully saturated rings. The molecule has 1 aromatic heterocycles. The first-order valence-corrected chi connectivity index (χ1v) is 2.92. The van der Waals surface area contributed by atoms with E-state index in [4.69, 9.17) is 0 Å². The Balaban J connectivity index is 0. The molecule has 1 rings (SSSR count). The van der Waals surface area contributed by atoms with Crippen molar-refractivity contribution in [3.8, 4) is 0 Å². The van der Waals surface area contributed by atoms with Gasteiger partial charge in [-0.25, -0.2) is 5.10 Å². The van der Waals surface area contributed by atoms with Gasteiger partial charge in [0.25, 0.3) is 0 Å². The smallest absolute Gasteiger partial charge is 0 e. The van der Waals surface area contributed by atoms with E-state index in [9.17, 15) is 0 Å². The van der Waals surface area contributed by atoms with Gasteiger partial charge in [-0.05, 0) is 5.92 Å². The molecule has 0 aliphatic carbocycles. The molecule has 0 amide bonds. The minimum absolute atomic E-state index is 0. The summed E-state index contributed by atoms with van der Waals surface area (Å²) in [6.07, 6.45) is 2.57. The average molecular weight is 326 g/mol. The Morgan fingerprint density at radius 2 is 2.00 bits per heavy atom. The molecular weight excluding hydrogens is 318 g/mol. The third-order valence-corrected chi connectivity index (χ3v) is 1.05. The van der Waals surface area contributed by atoms with Gasteiger partial charge in [0.1, 0.15) is 0 Å². The monoisotopic (exact) mass is 326 g/mol. The number of rotatable bonds is 1. The predicted molar refractivity (Wildman–Crippen MR) is 33.8 cm³/mol. The van der Waals surface area contributed by atoms with Crippen LogP contribution in [0.5, 0.6) is 0 Å². The van der Waals surface area contributed by atoms with E-state index in [1.54, 1.807) is 6.07 Å². The third kappa shape index (κ3) is 4.71. The molecule has 4 heteroatoms. The molecule has 0 N–H and O–H groups in total. The Morgan fingerprint density at radius 1 is 1.36 bits per heavy atom. The molecule has 0 unspecified atom stereocenters. The fraction of sp³-hybridized carbons (Fsp3) is 0.429. The van der Waals surface area contributed by atoms with E-state index in [0.717, 1.165) is 5.69 Å². The Hall–Kier alpha value is 0.327. The van der Waals surface area contributed by atoms with Crippen molar-refractivity contribution in [2.45, 2.75) is 19.8 Å². The van der Waals surface area contributed by atoms with Crippen LogP contribution < -0.4 is 0 Å². The van der Waals surface area contributed by atoms with Crippen LogP contribution in [-0.2, 0) is 39.0 Å². The molecule has 0 spiro atoms. The molecule has 0 saturated heterocycles. The van der Waals surface area contributed by atoms with Crippen molar-refractivity contribution in [1.82, 2.24) is 10.2 Å². The summed E-state index contributed by atoms with van der Waals surface area (Å²) in [5.41, 5.74) is 0.897. The summed E-state index contributed by atoms with van der Waals surface area (Å²) in [6, 6.07) is 4.59. The normalized spacial score (nSPS) is 8.27. The van der Waals surface area contributed by atoms with Crippen molar-refractivity contribution >= 4 is 0 Å². The maximum atomic E-state index is 3.82. The molecule has 66 valence electrons. The second kappa shape index (κ2) is 7.00. The largest absolute Gasteiger partial charge is 0.483 e. The zero-order valence-electron chi connectivity index (χ0n) is 6.22. The van der Waals surface area contributed by atoms with Gasteiger partial charge in [-0.3, -0.25) is 0 Å². The summed E-state index contributed by atoms with van der Waals surface area (Å²) in [6.45, 7) is 4.11. The van der Waals surface area contributed by atoms with Crippen molar-refractivity contribution in [3.05, 3.63) is 24.0 Å². The van der Waals surface area contributed by atoms with Gasteiger partial charge < -0.3 is 23.4 Å². The molecule has 0 aliphatic rings. The van der Waals surface area contributed by atoms with Crippen LogP contribution in [-0.4, -0.2) is 10.2 Å². The molecule has 1 aromatic rings. The first kappa shape index (κ1) is 13.9. The predicted octanol–water partition coefficient (Wildman–Crippen LogP) is 1.20. The van der Waals surface area contributed by atoms with Crippen LogP contribution in [0.3, 0.4) is 0 Å². The van der Waals surface area contributed by atoms with Gasteiger partial charge in [0.15, 0.2) is 0 Å². The molecule has 2 radical (unpaired) electrons. The SMILES string of the molecule is CC(C)c1[c-]c[c-]nn1.[Rh].[Rh]. The van der Waals surface area contributed by atoms with Gasteiger partial charge in [0.2, 0.25) is 0 Å². The summed E-state index contributed by atoms with van der Waals surface area (Å²) >= 11 is 0. The van der Waals surface area contributed by atoms with Crippen molar-refractivity contribution in [1.29, 1.82) is 0 Å². The van der Waals surface area contributed by atoms with Crippen LogP contribution in [0.4, 0.5) is 0 Å². The first-order valence-electron chi connectivity index (χ1n) is 2.92. The van der Waals surface area contributed by atoms with E-state index < -0.39 is 0 Å². The summed E-state index contributed by atoms with van der Waals surface area (Å²) in [5, 5.41) is 7.42. The van der Waals surface area contributed by atoms with Crippen LogP contribution >= 0.6 is 0 Å². The van der Waals surface area contributed by atoms with Crippen LogP contribution in [0.15, 0.2) is 6.07 Å². The first-order chi connectivity index (χ1) is 4.30. The number of aromatic nitrogens is 2. The summed E-state index contributed by atoms with van der Waals surface area (Å²) in [7, 11) is 0. The standard InChI is InChI=1S/C7H8N2.2Rh/c1-6(2)7-4-3-5-8-9-7;;/h3,6H,1-2H3;;/q-2;;. The van der Waals surface area contributed by atoms with E-state index in [2.05, 4.69) is 36.3 Å². The fourth-order valence-electron chi connectivity index (χ4n) is 0.529. The molecule has 0 aromatic carbocycles. The molecular formula is C7H8N2Rh2-2. The number of hydrogen-bond donors (Lipinski definition) is 0. The van der Waals surface area contributed by atoms with E-state index in [1.165, 1.54) is 0 Å². The maximum Gasteiger partial charge on any atom is 0 e. The van der Waals surface area contributed by atoms with Crippen molar-refractivity contribution in [2.24, 2.45) is 0 Å². The fourth-order valence-corrected chi connectivity index (χ4v) is 0.529. The van der Waals surface area contributed by atoms with Gasteiger partial charge in [-0.1, -0.05) is 13.8 Å². The molecule has 0 bridgehead atoms. The van der Waals surface area contributed by atoms with Crippen molar-refractivity contribution in [2.75, 3.05) is 0 Å². The van der Waals surface area contributed by atoms with Crippen LogP contribution in [0.1, 0.15) is 25.5 Å². The van der Waals surface area contributed by atoms with Crippen molar-refractivity contribution in [3.63, 3.8) is 0 Å². The summed E-state index contributed by atoms with van der Waals surface area (Å²) in [4.78, 5) is 0. The molecule has 0 saturated carbocycles. The van der Waals surface area contributed by atoms with E-state index in [1.807, 2.05) is 0 Å². The van der Waals surface area contributed by atoms with Gasteiger partial charge in [-0.2, -0.15) is 0 Å². The second-order valence-corrected chi connectivity index (χ2v) is 2.16. The summed E-state index contributed by atoms with van der Waals surface area (Å²) in [5.74, 6) is 0.409. The van der Waals surface area contributed by atoms with E-state index in [-0.39, 0.29) is 39.0 Å². The Kier molecular flexibility index (Phi) is 8.84. The average Bonchev–Trinajstić information content (AvgIpc) is 1.90. The van der Waals surface area contributed by atoms with Gasteiger partial charge in [-0.15, -0.1) is 5.69 Å². The van der Waals surface area contributed by atoms with Crippen LogP contribution in [0, 0.1) is 12.3 Å². The zero-order valence-corrected chi connectivity index (χ0v) is 9.49. The molecule has 11 heavy (non-hydrogen) atoms. The zero-order chi connectivity index (χ0) is 6.69. The Morgan fingerprint density at radius 3 is 2.27 bits per heavy atom.